The van der Waals surface area contributed by atoms with Crippen molar-refractivity contribution in [1.82, 2.24) is 14.8 Å². The lowest BCUT2D eigenvalue weighted by atomic mass is 9.88. The number of anilines is 1. The normalized spacial score (nSPS) is 18.1. The van der Waals surface area contributed by atoms with E-state index in [1.807, 2.05) is 24.5 Å². The molecule has 1 unspecified atom stereocenters. The fourth-order valence-electron chi connectivity index (χ4n) is 4.05. The molecule has 27 heavy (non-hydrogen) atoms. The lowest BCUT2D eigenvalue weighted by Crippen LogP contribution is -2.59. The predicted molar refractivity (Wildman–Crippen MR) is 111 cm³/mol. The molecule has 1 aliphatic rings. The summed E-state index contributed by atoms with van der Waals surface area (Å²) < 4.78 is 0. The van der Waals surface area contributed by atoms with Gasteiger partial charge in [0.1, 0.15) is 0 Å². The van der Waals surface area contributed by atoms with E-state index in [4.69, 9.17) is 0 Å². The molecule has 2 N–H and O–H groups in total. The Kier molecular flexibility index (Phi) is 7.21. The van der Waals surface area contributed by atoms with Crippen molar-refractivity contribution in [2.45, 2.75) is 31.8 Å². The van der Waals surface area contributed by atoms with Crippen molar-refractivity contribution < 1.29 is 5.11 Å². The van der Waals surface area contributed by atoms with E-state index in [0.29, 0.717) is 0 Å². The number of hydrogen-bond donors (Lipinski definition) is 2. The summed E-state index contributed by atoms with van der Waals surface area (Å²) in [7, 11) is 0. The summed E-state index contributed by atoms with van der Waals surface area (Å²) >= 11 is 0. The van der Waals surface area contributed by atoms with Gasteiger partial charge in [-0.05, 0) is 30.5 Å². The first-order valence-electron chi connectivity index (χ1n) is 10.0. The van der Waals surface area contributed by atoms with E-state index < -0.39 is 0 Å². The Hall–Kier alpha value is -1.95. The minimum Gasteiger partial charge on any atom is -0.396 e. The minimum absolute atomic E-state index is 0.0170. The average molecular weight is 369 g/mol. The molecule has 146 valence electrons. The number of hydrogen-bond acceptors (Lipinski definition) is 5. The van der Waals surface area contributed by atoms with Crippen LogP contribution in [0, 0.1) is 0 Å². The van der Waals surface area contributed by atoms with Gasteiger partial charge in [0.15, 0.2) is 0 Å². The van der Waals surface area contributed by atoms with E-state index in [-0.39, 0.29) is 12.1 Å². The molecule has 1 fully saturated rings. The van der Waals surface area contributed by atoms with Crippen molar-refractivity contribution in [2.24, 2.45) is 0 Å². The lowest BCUT2D eigenvalue weighted by Gasteiger charge is -2.48. The summed E-state index contributed by atoms with van der Waals surface area (Å²) in [5.41, 5.74) is 2.45. The molecule has 0 saturated carbocycles. The first-order chi connectivity index (χ1) is 13.3. The molecule has 5 heteroatoms. The number of pyridine rings is 1. The molecule has 1 saturated heterocycles. The van der Waals surface area contributed by atoms with Gasteiger partial charge in [-0.3, -0.25) is 14.8 Å². The van der Waals surface area contributed by atoms with Crippen LogP contribution < -0.4 is 5.32 Å². The molecular weight excluding hydrogens is 336 g/mol. The van der Waals surface area contributed by atoms with Gasteiger partial charge in [-0.15, -0.1) is 0 Å². The van der Waals surface area contributed by atoms with E-state index >= 15 is 0 Å². The van der Waals surface area contributed by atoms with Gasteiger partial charge in [0, 0.05) is 69.5 Å². The largest absolute Gasteiger partial charge is 0.396 e. The maximum absolute atomic E-state index is 9.73. The Morgan fingerprint density at radius 1 is 1.04 bits per heavy atom. The van der Waals surface area contributed by atoms with Gasteiger partial charge >= 0.3 is 0 Å². The molecule has 2 heterocycles. The zero-order valence-electron chi connectivity index (χ0n) is 16.3. The maximum Gasteiger partial charge on any atom is 0.0449 e. The number of nitrogens with one attached hydrogen (secondary N) is 1. The second-order valence-electron chi connectivity index (χ2n) is 7.39. The molecule has 0 radical (unpaired) electrons. The predicted octanol–water partition coefficient (Wildman–Crippen LogP) is 2.84. The van der Waals surface area contributed by atoms with E-state index in [9.17, 15) is 5.11 Å². The van der Waals surface area contributed by atoms with Crippen LogP contribution in [-0.4, -0.2) is 64.8 Å². The highest BCUT2D eigenvalue weighted by Gasteiger charge is 2.36. The van der Waals surface area contributed by atoms with Gasteiger partial charge in [0.2, 0.25) is 0 Å². The van der Waals surface area contributed by atoms with Crippen molar-refractivity contribution in [1.29, 1.82) is 0 Å². The number of rotatable bonds is 9. The van der Waals surface area contributed by atoms with Crippen molar-refractivity contribution >= 4 is 5.69 Å². The summed E-state index contributed by atoms with van der Waals surface area (Å²) in [5, 5.41) is 13.3. The Balaban J connectivity index is 1.60. The SMILES string of the molecule is CCC(CCO)(CNc1ccncc1)N1CCN(Cc2ccccc2)CC1. The fourth-order valence-corrected chi connectivity index (χ4v) is 4.05. The van der Waals surface area contributed by atoms with Crippen molar-refractivity contribution in [3.63, 3.8) is 0 Å². The standard InChI is InChI=1S/C22H32N4O/c1-2-22(10-17-27,19-24-21-8-11-23-12-9-21)26-15-13-25(14-16-26)18-20-6-4-3-5-7-20/h3-9,11-12,27H,2,10,13-19H2,1H3,(H,23,24). The highest BCUT2D eigenvalue weighted by Crippen LogP contribution is 2.27. The molecule has 1 aromatic heterocycles. The quantitative estimate of drug-likeness (QED) is 0.713. The molecule has 0 aliphatic carbocycles. The van der Waals surface area contributed by atoms with Crippen LogP contribution in [0.25, 0.3) is 0 Å². The monoisotopic (exact) mass is 368 g/mol. The highest BCUT2D eigenvalue weighted by molar-refractivity contribution is 5.41. The van der Waals surface area contributed by atoms with Crippen LogP contribution in [-0.2, 0) is 6.54 Å². The first-order valence-corrected chi connectivity index (χ1v) is 10.0. The molecule has 2 aromatic rings. The third-order valence-electron chi connectivity index (χ3n) is 5.83. The van der Waals surface area contributed by atoms with Crippen LogP contribution in [0.1, 0.15) is 25.3 Å². The minimum atomic E-state index is -0.0170. The number of aromatic nitrogens is 1. The number of piperazine rings is 1. The summed E-state index contributed by atoms with van der Waals surface area (Å²) in [6, 6.07) is 14.7. The third-order valence-corrected chi connectivity index (χ3v) is 5.83. The van der Waals surface area contributed by atoms with Gasteiger partial charge in [0.25, 0.3) is 0 Å². The molecule has 3 rings (SSSR count). The van der Waals surface area contributed by atoms with Crippen molar-refractivity contribution in [3.8, 4) is 0 Å². The van der Waals surface area contributed by atoms with Crippen LogP contribution in [0.3, 0.4) is 0 Å². The number of nitrogens with zero attached hydrogens (tertiary/aromatic N) is 3. The van der Waals surface area contributed by atoms with E-state index in [0.717, 1.165) is 57.8 Å². The maximum atomic E-state index is 9.73. The van der Waals surface area contributed by atoms with Gasteiger partial charge in [-0.2, -0.15) is 0 Å². The molecule has 0 amide bonds. The Morgan fingerprint density at radius 2 is 1.74 bits per heavy atom. The average Bonchev–Trinajstić information content (AvgIpc) is 2.73. The third kappa shape index (κ3) is 5.28. The number of benzene rings is 1. The summed E-state index contributed by atoms with van der Waals surface area (Å²) in [4.78, 5) is 9.19. The van der Waals surface area contributed by atoms with Crippen LogP contribution in [0.4, 0.5) is 5.69 Å². The zero-order chi connectivity index (χ0) is 19.0. The molecular formula is C22H32N4O. The molecule has 5 nitrogen and oxygen atoms in total. The number of aliphatic hydroxyl groups is 1. The van der Waals surface area contributed by atoms with E-state index in [1.54, 1.807) is 0 Å². The second kappa shape index (κ2) is 9.83. The first kappa shape index (κ1) is 19.8. The summed E-state index contributed by atoms with van der Waals surface area (Å²) in [5.74, 6) is 0. The smallest absolute Gasteiger partial charge is 0.0449 e. The topological polar surface area (TPSA) is 51.6 Å². The molecule has 1 aliphatic heterocycles. The Bertz CT molecular complexity index is 659. The van der Waals surface area contributed by atoms with Gasteiger partial charge in [-0.1, -0.05) is 37.3 Å². The van der Waals surface area contributed by atoms with Crippen LogP contribution in [0.5, 0.6) is 0 Å². The van der Waals surface area contributed by atoms with Gasteiger partial charge < -0.3 is 10.4 Å². The summed E-state index contributed by atoms with van der Waals surface area (Å²) in [6.45, 7) is 8.53. The second-order valence-corrected chi connectivity index (χ2v) is 7.39. The molecule has 1 aromatic carbocycles. The van der Waals surface area contributed by atoms with Crippen LogP contribution >= 0.6 is 0 Å². The molecule has 0 spiro atoms. The van der Waals surface area contributed by atoms with Crippen LogP contribution in [0.15, 0.2) is 54.9 Å². The molecule has 1 atom stereocenters. The van der Waals surface area contributed by atoms with Gasteiger partial charge in [-0.25, -0.2) is 0 Å². The van der Waals surface area contributed by atoms with Crippen molar-refractivity contribution in [2.75, 3.05) is 44.6 Å². The van der Waals surface area contributed by atoms with E-state index in [2.05, 4.69) is 57.4 Å². The zero-order valence-corrected chi connectivity index (χ0v) is 16.3. The highest BCUT2D eigenvalue weighted by atomic mass is 16.3. The van der Waals surface area contributed by atoms with Crippen LogP contribution in [0.2, 0.25) is 0 Å². The van der Waals surface area contributed by atoms with Crippen molar-refractivity contribution in [3.05, 3.63) is 60.4 Å². The molecule has 0 bridgehead atoms. The Labute approximate surface area is 163 Å². The summed E-state index contributed by atoms with van der Waals surface area (Å²) in [6.07, 6.45) is 5.43. The van der Waals surface area contributed by atoms with Gasteiger partial charge in [0.05, 0.1) is 0 Å². The Morgan fingerprint density at radius 3 is 2.37 bits per heavy atom. The fraction of sp³-hybridized carbons (Fsp3) is 0.500. The lowest BCUT2D eigenvalue weighted by molar-refractivity contribution is 0.0183. The number of aliphatic hydroxyl groups excluding tert-OH is 1. The van der Waals surface area contributed by atoms with E-state index in [1.165, 1.54) is 5.56 Å².